The van der Waals surface area contributed by atoms with Gasteiger partial charge in [0.25, 0.3) is 8.18 Å². The van der Waals surface area contributed by atoms with Crippen molar-refractivity contribution in [1.29, 1.82) is 0 Å². The van der Waals surface area contributed by atoms with Crippen molar-refractivity contribution in [2.75, 3.05) is 18.1 Å². The van der Waals surface area contributed by atoms with Gasteiger partial charge in [0, 0.05) is 5.75 Å². The molecule has 2 aromatic rings. The van der Waals surface area contributed by atoms with E-state index in [1.165, 1.54) is 18.7 Å². The number of nitrogens with zero attached hydrogens (tertiary/aromatic N) is 3. The van der Waals surface area contributed by atoms with Crippen molar-refractivity contribution in [3.05, 3.63) is 52.8 Å². The number of hydrogen-bond acceptors (Lipinski definition) is 10. The van der Waals surface area contributed by atoms with Gasteiger partial charge in [0.2, 0.25) is 0 Å². The van der Waals surface area contributed by atoms with E-state index < -0.39 is 49.2 Å². The first-order valence-electron chi connectivity index (χ1n) is 11.0. The molecule has 2 unspecified atom stereocenters. The molecule has 0 spiro atoms. The van der Waals surface area contributed by atoms with Crippen LogP contribution in [-0.4, -0.2) is 50.3 Å². The summed E-state index contributed by atoms with van der Waals surface area (Å²) in [4.78, 5) is 34.8. The average Bonchev–Trinajstić information content (AvgIpc) is 3.29. The lowest BCUT2D eigenvalue weighted by Gasteiger charge is -2.30. The zero-order valence-electron chi connectivity index (χ0n) is 18.9. The molecular weight excluding hydrogens is 502 g/mol. The maximum Gasteiger partial charge on any atom is 0.351 e. The first kappa shape index (κ1) is 25.6. The predicted molar refractivity (Wildman–Crippen MR) is 126 cm³/mol. The van der Waals surface area contributed by atoms with E-state index in [-0.39, 0.29) is 12.7 Å². The number of esters is 1. The Morgan fingerprint density at radius 2 is 2.14 bits per heavy atom. The summed E-state index contributed by atoms with van der Waals surface area (Å²) in [6.07, 6.45) is 2.62. The molecule has 1 aliphatic carbocycles. The van der Waals surface area contributed by atoms with Gasteiger partial charge in [0.1, 0.15) is 29.6 Å². The third-order valence-electron chi connectivity index (χ3n) is 5.48. The summed E-state index contributed by atoms with van der Waals surface area (Å²) in [6, 6.07) is 7.60. The highest BCUT2D eigenvalue weighted by atomic mass is 32.2. The molecule has 1 aromatic carbocycles. The second-order valence-electron chi connectivity index (χ2n) is 7.99. The van der Waals surface area contributed by atoms with Gasteiger partial charge in [-0.2, -0.15) is 4.98 Å². The number of halogens is 1. The van der Waals surface area contributed by atoms with Gasteiger partial charge in [0.15, 0.2) is 11.6 Å². The van der Waals surface area contributed by atoms with Crippen LogP contribution in [0.1, 0.15) is 32.4 Å². The molecule has 1 saturated carbocycles. The third-order valence-corrected chi connectivity index (χ3v) is 7.82. The number of benzene rings is 1. The van der Waals surface area contributed by atoms with Crippen LogP contribution >= 0.6 is 19.9 Å². The van der Waals surface area contributed by atoms with Gasteiger partial charge in [-0.15, -0.1) is 11.8 Å². The Labute approximate surface area is 205 Å². The van der Waals surface area contributed by atoms with Crippen LogP contribution in [-0.2, 0) is 23.4 Å². The van der Waals surface area contributed by atoms with Crippen LogP contribution in [0.15, 0.2) is 41.3 Å². The molecule has 2 heterocycles. The lowest BCUT2D eigenvalue weighted by molar-refractivity contribution is -0.164. The topological polar surface area (TPSA) is 135 Å². The summed E-state index contributed by atoms with van der Waals surface area (Å²) in [5.74, 6) is -1.19. The zero-order chi connectivity index (χ0) is 24.9. The summed E-state index contributed by atoms with van der Waals surface area (Å²) in [6.45, 7) is 1.40. The first-order chi connectivity index (χ1) is 16.8. The standard InChI is InChI=1S/C21H26FN4O7PS/c1-13(20(27)31-14-8-5-9-14)26(33-15-6-3-2-4-7-15)34(29)30-11-18-32-17(12-35-18)25-10-16(22)19(23)24-21(25)28/h2-4,6-7,10,13-14,17-18,34H,5,8-9,11-12H2,1H3,(H2,23,24,28)/t13?,17-,18+/m0/s1. The number of aromatic nitrogens is 2. The van der Waals surface area contributed by atoms with Gasteiger partial charge in [-0.3, -0.25) is 13.9 Å². The molecule has 14 heteroatoms. The monoisotopic (exact) mass is 528 g/mol. The number of nitrogen functional groups attached to an aromatic ring is 1. The van der Waals surface area contributed by atoms with E-state index in [9.17, 15) is 18.5 Å². The Hall–Kier alpha value is -2.44. The maximum atomic E-state index is 13.7. The van der Waals surface area contributed by atoms with Crippen LogP contribution in [0.2, 0.25) is 0 Å². The highest BCUT2D eigenvalue weighted by molar-refractivity contribution is 8.00. The normalized spacial score (nSPS) is 21.9. The van der Waals surface area contributed by atoms with E-state index in [1.54, 1.807) is 30.3 Å². The molecule has 11 nitrogen and oxygen atoms in total. The van der Waals surface area contributed by atoms with Gasteiger partial charge < -0.3 is 24.6 Å². The molecule has 35 heavy (non-hydrogen) atoms. The van der Waals surface area contributed by atoms with Crippen molar-refractivity contribution in [3.8, 4) is 5.75 Å². The summed E-state index contributed by atoms with van der Waals surface area (Å²) < 4.78 is 44.5. The molecule has 4 atom stereocenters. The van der Waals surface area contributed by atoms with Crippen LogP contribution in [0.25, 0.3) is 0 Å². The van der Waals surface area contributed by atoms with E-state index in [2.05, 4.69) is 4.98 Å². The highest BCUT2D eigenvalue weighted by Crippen LogP contribution is 2.37. The Morgan fingerprint density at radius 3 is 2.83 bits per heavy atom. The summed E-state index contributed by atoms with van der Waals surface area (Å²) in [7, 11) is -3.07. The van der Waals surface area contributed by atoms with Gasteiger partial charge in [0.05, 0.1) is 12.8 Å². The zero-order valence-corrected chi connectivity index (χ0v) is 20.7. The molecule has 1 saturated heterocycles. The molecule has 190 valence electrons. The van der Waals surface area contributed by atoms with Crippen molar-refractivity contribution >= 4 is 31.7 Å². The fourth-order valence-electron chi connectivity index (χ4n) is 3.26. The Kier molecular flexibility index (Phi) is 8.45. The smallest absolute Gasteiger partial charge is 0.351 e. The lowest BCUT2D eigenvalue weighted by atomic mass is 9.96. The van der Waals surface area contributed by atoms with E-state index in [1.807, 2.05) is 0 Å². The second-order valence-corrected chi connectivity index (χ2v) is 10.4. The SMILES string of the molecule is CC(C(=O)OC1CCC1)N(Oc1ccccc1)[PH](=O)OC[C@@H]1O[C@H](n2cc(F)c(N)nc2=O)CS1. The van der Waals surface area contributed by atoms with Gasteiger partial charge in [-0.1, -0.05) is 23.0 Å². The largest absolute Gasteiger partial charge is 0.461 e. The second kappa shape index (κ2) is 11.5. The number of rotatable bonds is 10. The fourth-order valence-corrected chi connectivity index (χ4v) is 5.39. The number of hydrogen-bond donors (Lipinski definition) is 1. The quantitative estimate of drug-likeness (QED) is 0.277. The number of ether oxygens (including phenoxy) is 2. The summed E-state index contributed by atoms with van der Waals surface area (Å²) in [5.41, 5.74) is 3.97. The van der Waals surface area contributed by atoms with Gasteiger partial charge in [-0.05, 0) is 38.3 Å². The minimum atomic E-state index is -3.07. The van der Waals surface area contributed by atoms with Crippen LogP contribution in [0.4, 0.5) is 10.2 Å². The molecule has 1 aromatic heterocycles. The van der Waals surface area contributed by atoms with Crippen LogP contribution in [0.5, 0.6) is 5.75 Å². The van der Waals surface area contributed by atoms with Crippen molar-refractivity contribution < 1.29 is 32.6 Å². The molecule has 1 aliphatic heterocycles. The first-order valence-corrected chi connectivity index (χ1v) is 13.3. The summed E-state index contributed by atoms with van der Waals surface area (Å²) >= 11 is 1.29. The number of para-hydroxylation sites is 1. The molecule has 2 N–H and O–H groups in total. The molecular formula is C21H26FN4O7PS. The average molecular weight is 528 g/mol. The number of hydroxylamine groups is 1. The number of carbonyl (C=O) groups is 1. The highest BCUT2D eigenvalue weighted by Gasteiger charge is 2.35. The molecule has 0 radical (unpaired) electrons. The van der Waals surface area contributed by atoms with Gasteiger partial charge >= 0.3 is 11.7 Å². The molecule has 4 rings (SSSR count). The number of thioether (sulfide) groups is 1. The molecule has 0 bridgehead atoms. The van der Waals surface area contributed by atoms with E-state index in [0.717, 1.165) is 34.9 Å². The third kappa shape index (κ3) is 6.42. The minimum absolute atomic E-state index is 0.127. The molecule has 2 fully saturated rings. The van der Waals surface area contributed by atoms with E-state index in [0.29, 0.717) is 11.5 Å². The number of carbonyl (C=O) groups excluding carboxylic acids is 1. The van der Waals surface area contributed by atoms with Crippen molar-refractivity contribution in [2.45, 2.75) is 50.0 Å². The van der Waals surface area contributed by atoms with Crippen LogP contribution in [0.3, 0.4) is 0 Å². The van der Waals surface area contributed by atoms with Crippen LogP contribution in [0, 0.1) is 5.82 Å². The molecule has 2 aliphatic rings. The maximum absolute atomic E-state index is 13.7. The van der Waals surface area contributed by atoms with E-state index in [4.69, 9.17) is 24.6 Å². The number of anilines is 1. The van der Waals surface area contributed by atoms with Gasteiger partial charge in [-0.25, -0.2) is 9.18 Å². The fraction of sp³-hybridized carbons (Fsp3) is 0.476. The number of nitrogens with two attached hydrogens (primary N) is 1. The van der Waals surface area contributed by atoms with Crippen LogP contribution < -0.4 is 16.3 Å². The Morgan fingerprint density at radius 1 is 1.40 bits per heavy atom. The predicted octanol–water partition coefficient (Wildman–Crippen LogP) is 2.74. The van der Waals surface area contributed by atoms with Crippen molar-refractivity contribution in [2.24, 2.45) is 0 Å². The van der Waals surface area contributed by atoms with E-state index >= 15 is 0 Å². The molecule has 0 amide bonds. The van der Waals surface area contributed by atoms with Crippen molar-refractivity contribution in [3.63, 3.8) is 0 Å². The minimum Gasteiger partial charge on any atom is -0.461 e. The Bertz CT molecular complexity index is 1120. The van der Waals surface area contributed by atoms with Crippen molar-refractivity contribution in [1.82, 2.24) is 14.4 Å². The lowest BCUT2D eigenvalue weighted by Crippen LogP contribution is -2.40. The summed E-state index contributed by atoms with van der Waals surface area (Å²) in [5, 5.41) is 0. The Balaban J connectivity index is 1.37.